The molecule has 20 heavy (non-hydrogen) atoms. The molecule has 0 saturated heterocycles. The highest BCUT2D eigenvalue weighted by molar-refractivity contribution is 6.06. The van der Waals surface area contributed by atoms with Gasteiger partial charge in [-0.3, -0.25) is 9.59 Å². The lowest BCUT2D eigenvalue weighted by atomic mass is 9.95. The largest absolute Gasteiger partial charge is 0.365 e. The zero-order valence-corrected chi connectivity index (χ0v) is 11.4. The molecule has 1 heterocycles. The monoisotopic (exact) mass is 277 g/mol. The van der Waals surface area contributed by atoms with E-state index in [4.69, 9.17) is 10.3 Å². The van der Waals surface area contributed by atoms with Gasteiger partial charge in [0.2, 0.25) is 0 Å². The van der Waals surface area contributed by atoms with Crippen molar-refractivity contribution in [3.63, 3.8) is 0 Å². The van der Waals surface area contributed by atoms with Crippen molar-refractivity contribution in [1.29, 1.82) is 0 Å². The van der Waals surface area contributed by atoms with Crippen LogP contribution in [0, 0.1) is 0 Å². The van der Waals surface area contributed by atoms with E-state index >= 15 is 0 Å². The van der Waals surface area contributed by atoms with Gasteiger partial charge in [0.25, 0.3) is 11.8 Å². The average molecular weight is 277 g/mol. The van der Waals surface area contributed by atoms with Gasteiger partial charge in [-0.2, -0.15) is 0 Å². The minimum atomic E-state index is -0.637. The Labute approximate surface area is 117 Å². The number of primary amides is 1. The van der Waals surface area contributed by atoms with Gasteiger partial charge >= 0.3 is 0 Å². The van der Waals surface area contributed by atoms with Crippen LogP contribution in [0.15, 0.2) is 4.52 Å². The third kappa shape index (κ3) is 2.55. The molecule has 2 fully saturated rings. The Hall–Kier alpha value is -1.85. The molecule has 6 nitrogen and oxygen atoms in total. The molecule has 6 heteroatoms. The van der Waals surface area contributed by atoms with Gasteiger partial charge in [-0.05, 0) is 25.7 Å². The maximum atomic E-state index is 12.3. The van der Waals surface area contributed by atoms with E-state index in [0.717, 1.165) is 38.5 Å². The maximum absolute atomic E-state index is 12.3. The third-order valence-corrected chi connectivity index (χ3v) is 4.07. The zero-order valence-electron chi connectivity index (χ0n) is 11.4. The van der Waals surface area contributed by atoms with Crippen LogP contribution in [-0.2, 0) is 0 Å². The van der Waals surface area contributed by atoms with Crippen molar-refractivity contribution < 1.29 is 14.1 Å². The fourth-order valence-corrected chi connectivity index (χ4v) is 2.82. The van der Waals surface area contributed by atoms with Crippen molar-refractivity contribution in [2.75, 3.05) is 0 Å². The second-order valence-electron chi connectivity index (χ2n) is 5.72. The summed E-state index contributed by atoms with van der Waals surface area (Å²) in [7, 11) is 0. The first-order valence-electron chi connectivity index (χ1n) is 7.27. The van der Waals surface area contributed by atoms with Crippen LogP contribution in [0.2, 0.25) is 0 Å². The Morgan fingerprint density at radius 2 is 1.85 bits per heavy atom. The number of carbonyl (C=O) groups excluding carboxylic acids is 2. The van der Waals surface area contributed by atoms with E-state index in [1.807, 2.05) is 0 Å². The van der Waals surface area contributed by atoms with Crippen LogP contribution in [0.1, 0.15) is 77.5 Å². The Morgan fingerprint density at radius 3 is 2.45 bits per heavy atom. The zero-order chi connectivity index (χ0) is 14.1. The van der Waals surface area contributed by atoms with Crippen LogP contribution in [0.25, 0.3) is 0 Å². The molecule has 2 saturated carbocycles. The van der Waals surface area contributed by atoms with E-state index in [-0.39, 0.29) is 29.1 Å². The number of amides is 2. The first-order valence-corrected chi connectivity index (χ1v) is 7.27. The Kier molecular flexibility index (Phi) is 3.46. The molecule has 0 unspecified atom stereocenters. The van der Waals surface area contributed by atoms with E-state index < -0.39 is 5.91 Å². The molecule has 0 aromatic carbocycles. The summed E-state index contributed by atoms with van der Waals surface area (Å²) in [6, 6.07) is 0.165. The number of nitrogens with two attached hydrogens (primary N) is 1. The standard InChI is InChI=1S/C14H19N3O3/c15-13(18)10-11(17-20-12(10)8-6-7-8)14(19)16-9-4-2-1-3-5-9/h8-9H,1-7H2,(H2,15,18)(H,16,19). The van der Waals surface area contributed by atoms with Gasteiger partial charge in [0.1, 0.15) is 5.56 Å². The lowest BCUT2D eigenvalue weighted by Crippen LogP contribution is -2.37. The first-order chi connectivity index (χ1) is 9.66. The summed E-state index contributed by atoms with van der Waals surface area (Å²) < 4.78 is 5.18. The Morgan fingerprint density at radius 1 is 1.15 bits per heavy atom. The van der Waals surface area contributed by atoms with E-state index in [2.05, 4.69) is 10.5 Å². The van der Waals surface area contributed by atoms with Crippen molar-refractivity contribution in [1.82, 2.24) is 10.5 Å². The van der Waals surface area contributed by atoms with Gasteiger partial charge in [-0.15, -0.1) is 0 Å². The van der Waals surface area contributed by atoms with Crippen molar-refractivity contribution >= 4 is 11.8 Å². The summed E-state index contributed by atoms with van der Waals surface area (Å²) in [5.41, 5.74) is 5.59. The van der Waals surface area contributed by atoms with Crippen LogP contribution in [0.5, 0.6) is 0 Å². The van der Waals surface area contributed by atoms with Gasteiger partial charge in [0, 0.05) is 12.0 Å². The molecule has 0 radical (unpaired) electrons. The van der Waals surface area contributed by atoms with Crippen molar-refractivity contribution in [2.45, 2.75) is 56.9 Å². The predicted octanol–water partition coefficient (Wildman–Crippen LogP) is 1.71. The number of aromatic nitrogens is 1. The van der Waals surface area contributed by atoms with Crippen LogP contribution in [-0.4, -0.2) is 23.0 Å². The molecule has 0 atom stereocenters. The second kappa shape index (κ2) is 5.26. The lowest BCUT2D eigenvalue weighted by molar-refractivity contribution is 0.0907. The molecule has 0 bridgehead atoms. The quantitative estimate of drug-likeness (QED) is 0.875. The first kappa shape index (κ1) is 13.1. The number of nitrogens with one attached hydrogen (secondary N) is 1. The Bertz CT molecular complexity index is 528. The van der Waals surface area contributed by atoms with Crippen LogP contribution in [0.4, 0.5) is 0 Å². The van der Waals surface area contributed by atoms with Crippen LogP contribution in [0.3, 0.4) is 0 Å². The van der Waals surface area contributed by atoms with Crippen LogP contribution < -0.4 is 11.1 Å². The highest BCUT2D eigenvalue weighted by atomic mass is 16.5. The molecule has 1 aromatic rings. The molecule has 2 amide bonds. The summed E-state index contributed by atoms with van der Waals surface area (Å²) in [6.45, 7) is 0. The minimum absolute atomic E-state index is 0.0463. The second-order valence-corrected chi connectivity index (χ2v) is 5.72. The SMILES string of the molecule is NC(=O)c1c(C(=O)NC2CCCCC2)noc1C1CC1. The number of hydrogen-bond acceptors (Lipinski definition) is 4. The molecule has 2 aliphatic rings. The molecule has 1 aromatic heterocycles. The summed E-state index contributed by atoms with van der Waals surface area (Å²) in [6.07, 6.45) is 7.34. The number of rotatable bonds is 4. The average Bonchev–Trinajstić information content (AvgIpc) is 3.17. The minimum Gasteiger partial charge on any atom is -0.365 e. The van der Waals surface area contributed by atoms with Gasteiger partial charge in [-0.1, -0.05) is 24.4 Å². The summed E-state index contributed by atoms with van der Waals surface area (Å²) in [4.78, 5) is 23.8. The molecule has 3 rings (SSSR count). The van der Waals surface area contributed by atoms with E-state index in [1.165, 1.54) is 6.42 Å². The fourth-order valence-electron chi connectivity index (χ4n) is 2.82. The van der Waals surface area contributed by atoms with E-state index in [0.29, 0.717) is 5.76 Å². The highest BCUT2D eigenvalue weighted by Crippen LogP contribution is 2.42. The summed E-state index contributed by atoms with van der Waals surface area (Å²) >= 11 is 0. The van der Waals surface area contributed by atoms with Crippen molar-refractivity contribution in [2.24, 2.45) is 5.73 Å². The normalized spacial score (nSPS) is 19.8. The fraction of sp³-hybridized carbons (Fsp3) is 0.643. The van der Waals surface area contributed by atoms with Gasteiger partial charge < -0.3 is 15.6 Å². The van der Waals surface area contributed by atoms with Gasteiger partial charge in [0.05, 0.1) is 0 Å². The maximum Gasteiger partial charge on any atom is 0.274 e. The number of hydrogen-bond donors (Lipinski definition) is 2. The molecule has 0 aliphatic heterocycles. The molecular weight excluding hydrogens is 258 g/mol. The number of carbonyl (C=O) groups is 2. The molecule has 0 spiro atoms. The molecule has 3 N–H and O–H groups in total. The van der Waals surface area contributed by atoms with E-state index in [9.17, 15) is 9.59 Å². The highest BCUT2D eigenvalue weighted by Gasteiger charge is 2.36. The van der Waals surface area contributed by atoms with Crippen molar-refractivity contribution in [3.05, 3.63) is 17.0 Å². The molecule has 2 aliphatic carbocycles. The van der Waals surface area contributed by atoms with E-state index in [1.54, 1.807) is 0 Å². The molecule has 108 valence electrons. The van der Waals surface area contributed by atoms with Gasteiger partial charge in [-0.25, -0.2) is 0 Å². The topological polar surface area (TPSA) is 98.2 Å². The number of nitrogens with zero attached hydrogens (tertiary/aromatic N) is 1. The lowest BCUT2D eigenvalue weighted by Gasteiger charge is -2.22. The Balaban J connectivity index is 1.78. The van der Waals surface area contributed by atoms with Crippen molar-refractivity contribution in [3.8, 4) is 0 Å². The summed E-state index contributed by atoms with van der Waals surface area (Å²) in [5, 5.41) is 6.71. The smallest absolute Gasteiger partial charge is 0.274 e. The summed E-state index contributed by atoms with van der Waals surface area (Å²) in [5.74, 6) is -0.309. The third-order valence-electron chi connectivity index (χ3n) is 4.07. The van der Waals surface area contributed by atoms with Gasteiger partial charge in [0.15, 0.2) is 11.5 Å². The predicted molar refractivity (Wildman–Crippen MR) is 71.3 cm³/mol. The van der Waals surface area contributed by atoms with Crippen LogP contribution >= 0.6 is 0 Å². The molecular formula is C14H19N3O3.